The largest absolute Gasteiger partial charge is 0.493 e. The molecule has 8 heteroatoms. The zero-order valence-corrected chi connectivity index (χ0v) is 17.6. The summed E-state index contributed by atoms with van der Waals surface area (Å²) in [5.74, 6) is 2.97. The number of hydrogen-bond donors (Lipinski definition) is 1. The van der Waals surface area contributed by atoms with Gasteiger partial charge in [0.2, 0.25) is 5.95 Å². The fourth-order valence-corrected chi connectivity index (χ4v) is 4.05. The van der Waals surface area contributed by atoms with Crippen LogP contribution in [0.3, 0.4) is 0 Å². The van der Waals surface area contributed by atoms with Gasteiger partial charge in [-0.2, -0.15) is 4.98 Å². The van der Waals surface area contributed by atoms with Crippen LogP contribution in [0.1, 0.15) is 19.8 Å². The number of hydrogen-bond acceptors (Lipinski definition) is 8. The second-order valence-corrected chi connectivity index (χ2v) is 7.55. The molecule has 0 aliphatic carbocycles. The van der Waals surface area contributed by atoms with Gasteiger partial charge in [0, 0.05) is 43.7 Å². The van der Waals surface area contributed by atoms with Crippen molar-refractivity contribution in [3.05, 3.63) is 12.1 Å². The third-order valence-corrected chi connectivity index (χ3v) is 5.86. The Morgan fingerprint density at radius 1 is 1.03 bits per heavy atom. The van der Waals surface area contributed by atoms with Crippen LogP contribution in [0.4, 0.5) is 11.8 Å². The van der Waals surface area contributed by atoms with E-state index in [1.807, 2.05) is 12.1 Å². The number of piperidine rings is 1. The lowest BCUT2D eigenvalue weighted by molar-refractivity contribution is 0.122. The molecule has 0 bridgehead atoms. The first-order valence-corrected chi connectivity index (χ1v) is 10.5. The molecule has 4 rings (SSSR count). The van der Waals surface area contributed by atoms with Crippen molar-refractivity contribution in [1.29, 1.82) is 0 Å². The van der Waals surface area contributed by atoms with Crippen molar-refractivity contribution in [3.8, 4) is 11.5 Å². The zero-order chi connectivity index (χ0) is 20.2. The first-order chi connectivity index (χ1) is 14.2. The predicted octanol–water partition coefficient (Wildman–Crippen LogP) is 2.38. The van der Waals surface area contributed by atoms with E-state index in [9.17, 15) is 0 Å². The number of morpholine rings is 1. The highest BCUT2D eigenvalue weighted by atomic mass is 16.5. The molecule has 2 aliphatic heterocycles. The number of aromatic nitrogens is 2. The molecule has 0 unspecified atom stereocenters. The van der Waals surface area contributed by atoms with Crippen molar-refractivity contribution in [1.82, 2.24) is 14.9 Å². The summed E-state index contributed by atoms with van der Waals surface area (Å²) in [6.45, 7) is 8.56. The molecular weight excluding hydrogens is 370 g/mol. The third-order valence-electron chi connectivity index (χ3n) is 5.86. The van der Waals surface area contributed by atoms with Crippen molar-refractivity contribution >= 4 is 22.7 Å². The molecule has 2 aliphatic rings. The van der Waals surface area contributed by atoms with Crippen LogP contribution in [0.25, 0.3) is 10.9 Å². The van der Waals surface area contributed by atoms with E-state index in [1.54, 1.807) is 14.2 Å². The van der Waals surface area contributed by atoms with Gasteiger partial charge in [0.15, 0.2) is 11.5 Å². The van der Waals surface area contributed by atoms with Gasteiger partial charge in [-0.05, 0) is 25.5 Å². The van der Waals surface area contributed by atoms with E-state index in [1.165, 1.54) is 0 Å². The Morgan fingerprint density at radius 3 is 2.38 bits per heavy atom. The minimum atomic E-state index is 0.404. The molecule has 0 spiro atoms. The molecule has 1 aromatic carbocycles. The summed E-state index contributed by atoms with van der Waals surface area (Å²) >= 11 is 0. The van der Waals surface area contributed by atoms with Gasteiger partial charge < -0.3 is 29.3 Å². The lowest BCUT2D eigenvalue weighted by Gasteiger charge is -2.32. The van der Waals surface area contributed by atoms with E-state index in [4.69, 9.17) is 24.2 Å². The van der Waals surface area contributed by atoms with Crippen molar-refractivity contribution in [2.24, 2.45) is 0 Å². The van der Waals surface area contributed by atoms with Gasteiger partial charge in [0.25, 0.3) is 0 Å². The fourth-order valence-electron chi connectivity index (χ4n) is 4.05. The maximum atomic E-state index is 5.52. The number of nitrogens with zero attached hydrogens (tertiary/aromatic N) is 4. The zero-order valence-electron chi connectivity index (χ0n) is 17.6. The number of nitrogens with one attached hydrogen (secondary N) is 1. The summed E-state index contributed by atoms with van der Waals surface area (Å²) in [5.41, 5.74) is 0.854. The predicted molar refractivity (Wildman–Crippen MR) is 114 cm³/mol. The number of ether oxygens (including phenoxy) is 3. The van der Waals surface area contributed by atoms with Crippen LogP contribution in [0.15, 0.2) is 12.1 Å². The molecule has 2 fully saturated rings. The Balaban J connectivity index is 1.70. The highest BCUT2D eigenvalue weighted by molar-refractivity contribution is 5.93. The van der Waals surface area contributed by atoms with Crippen LogP contribution < -0.4 is 19.7 Å². The van der Waals surface area contributed by atoms with Crippen molar-refractivity contribution < 1.29 is 14.2 Å². The van der Waals surface area contributed by atoms with Crippen LogP contribution in [-0.2, 0) is 4.74 Å². The molecule has 0 amide bonds. The maximum absolute atomic E-state index is 5.52. The molecule has 0 saturated carbocycles. The number of rotatable bonds is 6. The van der Waals surface area contributed by atoms with E-state index < -0.39 is 0 Å². The number of anilines is 2. The van der Waals surface area contributed by atoms with E-state index >= 15 is 0 Å². The minimum absolute atomic E-state index is 0.404. The van der Waals surface area contributed by atoms with Gasteiger partial charge in [-0.3, -0.25) is 0 Å². The highest BCUT2D eigenvalue weighted by Gasteiger charge is 2.22. The molecule has 158 valence electrons. The van der Waals surface area contributed by atoms with Gasteiger partial charge >= 0.3 is 0 Å². The van der Waals surface area contributed by atoms with Crippen LogP contribution in [0, 0.1) is 0 Å². The van der Waals surface area contributed by atoms with E-state index in [0.29, 0.717) is 30.8 Å². The van der Waals surface area contributed by atoms with E-state index in [0.717, 1.165) is 68.2 Å². The molecule has 3 heterocycles. The number of likely N-dealkylation sites (tertiary alicyclic amines) is 1. The van der Waals surface area contributed by atoms with Crippen LogP contribution >= 0.6 is 0 Å². The van der Waals surface area contributed by atoms with Crippen LogP contribution in [0.5, 0.6) is 11.5 Å². The highest BCUT2D eigenvalue weighted by Crippen LogP contribution is 2.35. The topological polar surface area (TPSA) is 72.0 Å². The molecule has 1 aromatic heterocycles. The molecule has 2 saturated heterocycles. The lowest BCUT2D eigenvalue weighted by Crippen LogP contribution is -2.39. The first kappa shape index (κ1) is 20.0. The lowest BCUT2D eigenvalue weighted by atomic mass is 10.0. The van der Waals surface area contributed by atoms with E-state index in [2.05, 4.69) is 22.0 Å². The minimum Gasteiger partial charge on any atom is -0.493 e. The smallest absolute Gasteiger partial charge is 0.228 e. The van der Waals surface area contributed by atoms with Crippen molar-refractivity contribution in [3.63, 3.8) is 0 Å². The van der Waals surface area contributed by atoms with Crippen molar-refractivity contribution in [2.75, 3.05) is 70.4 Å². The summed E-state index contributed by atoms with van der Waals surface area (Å²) < 4.78 is 16.5. The SMILES string of the molecule is CCN1CCC(Nc2nc(N3CCOCC3)nc3cc(OC)c(OC)cc23)CC1. The number of fused-ring (bicyclic) bond motifs is 1. The van der Waals surface area contributed by atoms with Crippen LogP contribution in [0.2, 0.25) is 0 Å². The number of benzene rings is 1. The van der Waals surface area contributed by atoms with Gasteiger partial charge in [0.05, 0.1) is 33.0 Å². The average molecular weight is 402 g/mol. The Labute approximate surface area is 172 Å². The standard InChI is InChI=1S/C21H31N5O3/c1-4-25-7-5-15(6-8-25)22-20-16-13-18(27-2)19(28-3)14-17(16)23-21(24-20)26-9-11-29-12-10-26/h13-15H,4-12H2,1-3H3,(H,22,23,24). The Kier molecular flexibility index (Phi) is 6.20. The van der Waals surface area contributed by atoms with E-state index in [-0.39, 0.29) is 0 Å². The Bertz CT molecular complexity index is 833. The van der Waals surface area contributed by atoms with Gasteiger partial charge in [-0.25, -0.2) is 4.98 Å². The van der Waals surface area contributed by atoms with Gasteiger partial charge in [-0.15, -0.1) is 0 Å². The second kappa shape index (κ2) is 9.00. The molecule has 1 N–H and O–H groups in total. The van der Waals surface area contributed by atoms with Crippen molar-refractivity contribution in [2.45, 2.75) is 25.8 Å². The summed E-state index contributed by atoms with van der Waals surface area (Å²) in [6, 6.07) is 4.31. The van der Waals surface area contributed by atoms with Crippen LogP contribution in [-0.4, -0.2) is 81.1 Å². The van der Waals surface area contributed by atoms with Gasteiger partial charge in [0.1, 0.15) is 5.82 Å². The summed E-state index contributed by atoms with van der Waals surface area (Å²) in [5, 5.41) is 4.66. The fraction of sp³-hybridized carbons (Fsp3) is 0.619. The average Bonchev–Trinajstić information content (AvgIpc) is 2.79. The first-order valence-electron chi connectivity index (χ1n) is 10.5. The second-order valence-electron chi connectivity index (χ2n) is 7.55. The molecule has 29 heavy (non-hydrogen) atoms. The maximum Gasteiger partial charge on any atom is 0.228 e. The molecular formula is C21H31N5O3. The summed E-state index contributed by atoms with van der Waals surface area (Å²) in [7, 11) is 3.30. The quantitative estimate of drug-likeness (QED) is 0.791. The molecule has 2 aromatic rings. The van der Waals surface area contributed by atoms with Gasteiger partial charge in [-0.1, -0.05) is 6.92 Å². The molecule has 8 nitrogen and oxygen atoms in total. The monoisotopic (exact) mass is 401 g/mol. The summed E-state index contributed by atoms with van der Waals surface area (Å²) in [6.07, 6.45) is 2.22. The molecule has 0 atom stereocenters. The normalized spacial score (nSPS) is 18.8. The third kappa shape index (κ3) is 4.33. The molecule has 0 radical (unpaired) electrons. The number of methoxy groups -OCH3 is 2. The Morgan fingerprint density at radius 2 is 1.72 bits per heavy atom. The Hall–Kier alpha value is -2.32. The summed E-state index contributed by atoms with van der Waals surface area (Å²) in [4.78, 5) is 14.4.